The van der Waals surface area contributed by atoms with E-state index in [-0.39, 0.29) is 11.5 Å². The molecule has 3 aromatic rings. The van der Waals surface area contributed by atoms with Gasteiger partial charge >= 0.3 is 0 Å². The molecule has 0 spiro atoms. The summed E-state index contributed by atoms with van der Waals surface area (Å²) >= 11 is 0. The molecule has 1 fully saturated rings. The minimum Gasteiger partial charge on any atom is -0.379 e. The molecule has 2 heterocycles. The van der Waals surface area contributed by atoms with Crippen molar-refractivity contribution in [3.05, 3.63) is 75.7 Å². The Morgan fingerprint density at radius 3 is 2.50 bits per heavy atom. The first-order valence-corrected chi connectivity index (χ1v) is 10.3. The minimum atomic E-state index is -0.169. The van der Waals surface area contributed by atoms with Gasteiger partial charge in [-0.1, -0.05) is 24.3 Å². The summed E-state index contributed by atoms with van der Waals surface area (Å²) in [6.45, 7) is 8.63. The van der Waals surface area contributed by atoms with Crippen LogP contribution in [0.15, 0.2) is 53.5 Å². The summed E-state index contributed by atoms with van der Waals surface area (Å²) in [5.74, 6) is -0.169. The fraction of sp³-hybridized carbons (Fsp3) is 0.333. The molecule has 1 aromatic heterocycles. The van der Waals surface area contributed by atoms with Crippen molar-refractivity contribution in [2.45, 2.75) is 13.8 Å². The number of pyridine rings is 1. The van der Waals surface area contributed by atoms with Crippen LogP contribution in [-0.4, -0.2) is 54.8 Å². The van der Waals surface area contributed by atoms with Crippen molar-refractivity contribution in [1.29, 1.82) is 0 Å². The maximum Gasteiger partial charge on any atom is 0.262 e. The average molecular weight is 405 g/mol. The third kappa shape index (κ3) is 4.15. The van der Waals surface area contributed by atoms with Crippen LogP contribution in [0, 0.1) is 13.8 Å². The summed E-state index contributed by atoms with van der Waals surface area (Å²) in [6.07, 6.45) is 1.67. The van der Waals surface area contributed by atoms with Crippen LogP contribution in [0.1, 0.15) is 21.5 Å². The molecule has 1 amide bonds. The third-order valence-corrected chi connectivity index (χ3v) is 5.76. The van der Waals surface area contributed by atoms with E-state index in [4.69, 9.17) is 4.74 Å². The van der Waals surface area contributed by atoms with E-state index in [1.807, 2.05) is 50.2 Å². The van der Waals surface area contributed by atoms with Gasteiger partial charge in [0.15, 0.2) is 0 Å². The Hall–Kier alpha value is -2.96. The lowest BCUT2D eigenvalue weighted by Gasteiger charge is -2.26. The molecule has 0 atom stereocenters. The zero-order chi connectivity index (χ0) is 21.1. The van der Waals surface area contributed by atoms with Gasteiger partial charge in [-0.15, -0.1) is 0 Å². The molecule has 1 aliphatic heterocycles. The number of fused-ring (bicyclic) bond motifs is 1. The Bertz CT molecular complexity index is 1130. The highest BCUT2D eigenvalue weighted by atomic mass is 16.5. The van der Waals surface area contributed by atoms with Gasteiger partial charge in [-0.25, -0.2) is 0 Å². The lowest BCUT2D eigenvalue weighted by molar-refractivity contribution is 0.0383. The fourth-order valence-corrected chi connectivity index (χ4v) is 3.79. The van der Waals surface area contributed by atoms with Crippen LogP contribution in [0.3, 0.4) is 0 Å². The van der Waals surface area contributed by atoms with E-state index in [9.17, 15) is 9.59 Å². The van der Waals surface area contributed by atoms with Crippen molar-refractivity contribution in [2.75, 3.05) is 39.4 Å². The highest BCUT2D eigenvalue weighted by Crippen LogP contribution is 2.19. The number of aryl methyl sites for hydroxylation is 2. The molecule has 6 heteroatoms. The van der Waals surface area contributed by atoms with E-state index in [1.165, 1.54) is 0 Å². The number of nitrogens with zero attached hydrogens (tertiary/aromatic N) is 2. The number of carbonyl (C=O) groups excluding carboxylic acids is 1. The molecule has 0 aliphatic carbocycles. The lowest BCUT2D eigenvalue weighted by atomic mass is 10.1. The highest BCUT2D eigenvalue weighted by Gasteiger charge is 2.16. The Kier molecular flexibility index (Phi) is 5.97. The summed E-state index contributed by atoms with van der Waals surface area (Å²) < 4.78 is 6.94. The number of hydrogen-bond acceptors (Lipinski definition) is 4. The van der Waals surface area contributed by atoms with Gasteiger partial charge in [0.25, 0.3) is 11.5 Å². The Morgan fingerprint density at radius 2 is 1.77 bits per heavy atom. The summed E-state index contributed by atoms with van der Waals surface area (Å²) in [5.41, 5.74) is 3.40. The average Bonchev–Trinajstić information content (AvgIpc) is 2.77. The van der Waals surface area contributed by atoms with E-state index in [0.717, 1.165) is 49.7 Å². The van der Waals surface area contributed by atoms with Crippen LogP contribution in [0.25, 0.3) is 16.5 Å². The largest absolute Gasteiger partial charge is 0.379 e. The second-order valence-electron chi connectivity index (χ2n) is 7.74. The second-order valence-corrected chi connectivity index (χ2v) is 7.74. The highest BCUT2D eigenvalue weighted by molar-refractivity contribution is 6.06. The van der Waals surface area contributed by atoms with Gasteiger partial charge in [0, 0.05) is 48.8 Å². The SMILES string of the molecule is Cc1ccc(-n2cc(C(=O)NCCN3CCOCC3)c3ccccc3c2=O)cc1C. The first-order valence-electron chi connectivity index (χ1n) is 10.3. The van der Waals surface area contributed by atoms with Gasteiger partial charge in [0.05, 0.1) is 18.8 Å². The van der Waals surface area contributed by atoms with E-state index >= 15 is 0 Å². The Labute approximate surface area is 176 Å². The van der Waals surface area contributed by atoms with E-state index < -0.39 is 0 Å². The molecular formula is C24H27N3O3. The number of morpholine rings is 1. The molecule has 1 aliphatic rings. The maximum absolute atomic E-state index is 13.1. The number of hydrogen-bond donors (Lipinski definition) is 1. The molecule has 4 rings (SSSR count). The summed E-state index contributed by atoms with van der Waals surface area (Å²) in [6, 6.07) is 13.2. The second kappa shape index (κ2) is 8.81. The summed E-state index contributed by atoms with van der Waals surface area (Å²) in [5, 5.41) is 4.23. The molecule has 0 saturated carbocycles. The van der Waals surface area contributed by atoms with Crippen LogP contribution in [0.5, 0.6) is 0 Å². The maximum atomic E-state index is 13.1. The molecule has 0 bridgehead atoms. The number of carbonyl (C=O) groups is 1. The lowest BCUT2D eigenvalue weighted by Crippen LogP contribution is -2.41. The van der Waals surface area contributed by atoms with Crippen molar-refractivity contribution in [3.8, 4) is 5.69 Å². The molecule has 30 heavy (non-hydrogen) atoms. The zero-order valence-corrected chi connectivity index (χ0v) is 17.5. The predicted molar refractivity (Wildman–Crippen MR) is 119 cm³/mol. The molecule has 1 saturated heterocycles. The number of aromatic nitrogens is 1. The summed E-state index contributed by atoms with van der Waals surface area (Å²) in [4.78, 5) is 28.5. The van der Waals surface area contributed by atoms with Crippen molar-refractivity contribution in [3.63, 3.8) is 0 Å². The number of amides is 1. The molecule has 0 unspecified atom stereocenters. The third-order valence-electron chi connectivity index (χ3n) is 5.76. The van der Waals surface area contributed by atoms with Crippen molar-refractivity contribution in [1.82, 2.24) is 14.8 Å². The Morgan fingerprint density at radius 1 is 1.03 bits per heavy atom. The van der Waals surface area contributed by atoms with E-state index in [1.54, 1.807) is 16.8 Å². The van der Waals surface area contributed by atoms with Gasteiger partial charge < -0.3 is 10.1 Å². The van der Waals surface area contributed by atoms with Crippen molar-refractivity contribution < 1.29 is 9.53 Å². The molecule has 1 N–H and O–H groups in total. The number of nitrogens with one attached hydrogen (secondary N) is 1. The van der Waals surface area contributed by atoms with Gasteiger partial charge in [-0.05, 0) is 43.2 Å². The van der Waals surface area contributed by atoms with Crippen LogP contribution < -0.4 is 10.9 Å². The van der Waals surface area contributed by atoms with Gasteiger partial charge in [0.2, 0.25) is 0 Å². The first-order chi connectivity index (χ1) is 14.5. The van der Waals surface area contributed by atoms with Crippen LogP contribution in [-0.2, 0) is 4.74 Å². The molecule has 0 radical (unpaired) electrons. The smallest absolute Gasteiger partial charge is 0.262 e. The Balaban J connectivity index is 1.66. The molecule has 6 nitrogen and oxygen atoms in total. The van der Waals surface area contributed by atoms with E-state index in [0.29, 0.717) is 22.9 Å². The predicted octanol–water partition coefficient (Wildman–Crippen LogP) is 2.67. The topological polar surface area (TPSA) is 63.6 Å². The number of benzene rings is 2. The van der Waals surface area contributed by atoms with Gasteiger partial charge in [-0.3, -0.25) is 19.1 Å². The van der Waals surface area contributed by atoms with Crippen molar-refractivity contribution >= 4 is 16.7 Å². The monoisotopic (exact) mass is 405 g/mol. The van der Waals surface area contributed by atoms with E-state index in [2.05, 4.69) is 10.2 Å². The standard InChI is InChI=1S/C24H27N3O3/c1-17-7-8-19(15-18(17)2)27-16-22(20-5-3-4-6-21(20)24(27)29)23(28)25-9-10-26-11-13-30-14-12-26/h3-8,15-16H,9-14H2,1-2H3,(H,25,28). The summed E-state index contributed by atoms with van der Waals surface area (Å²) in [7, 11) is 0. The molecule has 156 valence electrons. The van der Waals surface area contributed by atoms with Crippen molar-refractivity contribution in [2.24, 2.45) is 0 Å². The first kappa shape index (κ1) is 20.3. The molecular weight excluding hydrogens is 378 g/mol. The minimum absolute atomic E-state index is 0.126. The fourth-order valence-electron chi connectivity index (χ4n) is 3.79. The van der Waals surface area contributed by atoms with Gasteiger partial charge in [0.1, 0.15) is 0 Å². The number of rotatable bonds is 5. The van der Waals surface area contributed by atoms with Gasteiger partial charge in [-0.2, -0.15) is 0 Å². The zero-order valence-electron chi connectivity index (χ0n) is 17.5. The van der Waals surface area contributed by atoms with Crippen LogP contribution >= 0.6 is 0 Å². The normalized spacial score (nSPS) is 14.7. The quantitative estimate of drug-likeness (QED) is 0.709. The molecule has 2 aromatic carbocycles. The van der Waals surface area contributed by atoms with Crippen LogP contribution in [0.4, 0.5) is 0 Å². The number of ether oxygens (including phenoxy) is 1. The van der Waals surface area contributed by atoms with Crippen LogP contribution in [0.2, 0.25) is 0 Å².